The lowest BCUT2D eigenvalue weighted by atomic mass is 9.77. The molecule has 1 atom stereocenters. The van der Waals surface area contributed by atoms with Crippen molar-refractivity contribution in [2.45, 2.75) is 30.8 Å². The number of Topliss-reactive ketones (excluding diaryl/α,β-unsaturated/α-hetero) is 1. The Morgan fingerprint density at radius 1 is 0.875 bits per heavy atom. The van der Waals surface area contributed by atoms with Crippen molar-refractivity contribution in [2.75, 3.05) is 13.6 Å². The van der Waals surface area contributed by atoms with Crippen LogP contribution in [0.3, 0.4) is 0 Å². The maximum atomic E-state index is 13.7. The normalized spacial score (nSPS) is 13.1. The number of hydrogen-bond donors (Lipinski definition) is 2. The minimum absolute atomic E-state index is 0.0659. The smallest absolute Gasteiger partial charge is 0.331 e. The van der Waals surface area contributed by atoms with Crippen molar-refractivity contribution < 1.29 is 14.7 Å². The molecule has 3 aromatic carbocycles. The fourth-order valence-corrected chi connectivity index (χ4v) is 3.98. The van der Waals surface area contributed by atoms with Gasteiger partial charge in [-0.3, -0.25) is 4.79 Å². The van der Waals surface area contributed by atoms with Gasteiger partial charge in [0.1, 0.15) is 0 Å². The van der Waals surface area contributed by atoms with E-state index in [0.29, 0.717) is 13.0 Å². The molecule has 3 N–H and O–H groups in total. The molecule has 0 saturated heterocycles. The SMILES string of the molecule is CN(CCC[C@](N)(C(=O)O)C(=O)C(c1ccccc1)c1ccccc1)Cc1ccccc1. The van der Waals surface area contributed by atoms with Crippen LogP contribution in [0, 0.1) is 0 Å². The molecule has 0 spiro atoms. The van der Waals surface area contributed by atoms with Gasteiger partial charge in [0.05, 0.1) is 5.92 Å². The predicted molar refractivity (Wildman–Crippen MR) is 126 cm³/mol. The van der Waals surface area contributed by atoms with Crippen molar-refractivity contribution in [3.63, 3.8) is 0 Å². The zero-order valence-corrected chi connectivity index (χ0v) is 18.4. The van der Waals surface area contributed by atoms with Gasteiger partial charge in [-0.15, -0.1) is 0 Å². The molecule has 0 radical (unpaired) electrons. The quantitative estimate of drug-likeness (QED) is 0.448. The van der Waals surface area contributed by atoms with Crippen LogP contribution in [0.25, 0.3) is 0 Å². The molecule has 0 fully saturated rings. The molecule has 3 rings (SSSR count). The number of carbonyl (C=O) groups is 2. The molecule has 32 heavy (non-hydrogen) atoms. The van der Waals surface area contributed by atoms with Crippen LogP contribution in [0.5, 0.6) is 0 Å². The molecule has 0 aliphatic heterocycles. The summed E-state index contributed by atoms with van der Waals surface area (Å²) in [7, 11) is 1.98. The van der Waals surface area contributed by atoms with Crippen LogP contribution < -0.4 is 5.73 Å². The second-order valence-corrected chi connectivity index (χ2v) is 8.22. The maximum Gasteiger partial charge on any atom is 0.331 e. The Bertz CT molecular complexity index is 969. The van der Waals surface area contributed by atoms with E-state index < -0.39 is 23.2 Å². The van der Waals surface area contributed by atoms with Crippen LogP contribution in [0.4, 0.5) is 0 Å². The van der Waals surface area contributed by atoms with Gasteiger partial charge in [0, 0.05) is 6.54 Å². The summed E-state index contributed by atoms with van der Waals surface area (Å²) in [6.45, 7) is 1.38. The number of rotatable bonds is 11. The van der Waals surface area contributed by atoms with Crippen LogP contribution in [0.2, 0.25) is 0 Å². The highest BCUT2D eigenvalue weighted by Gasteiger charge is 2.45. The molecule has 5 heteroatoms. The molecule has 0 aromatic heterocycles. The Kier molecular flexibility index (Phi) is 7.92. The van der Waals surface area contributed by atoms with Gasteiger partial charge in [0.2, 0.25) is 0 Å². The van der Waals surface area contributed by atoms with Gasteiger partial charge in [0.25, 0.3) is 0 Å². The minimum Gasteiger partial charge on any atom is -0.480 e. The number of ketones is 1. The van der Waals surface area contributed by atoms with Gasteiger partial charge in [-0.05, 0) is 43.1 Å². The van der Waals surface area contributed by atoms with Crippen molar-refractivity contribution in [3.8, 4) is 0 Å². The molecule has 0 amide bonds. The second kappa shape index (κ2) is 10.8. The molecule has 0 saturated carbocycles. The summed E-state index contributed by atoms with van der Waals surface area (Å²) >= 11 is 0. The first-order chi connectivity index (χ1) is 15.4. The van der Waals surface area contributed by atoms with Crippen molar-refractivity contribution in [1.82, 2.24) is 4.90 Å². The number of aliphatic carboxylic acids is 1. The van der Waals surface area contributed by atoms with Crippen LogP contribution in [-0.4, -0.2) is 40.9 Å². The van der Waals surface area contributed by atoms with Crippen molar-refractivity contribution in [1.29, 1.82) is 0 Å². The first kappa shape index (κ1) is 23.4. The van der Waals surface area contributed by atoms with Crippen LogP contribution in [0.15, 0.2) is 91.0 Å². The first-order valence-corrected chi connectivity index (χ1v) is 10.8. The zero-order chi connectivity index (χ0) is 23.0. The Morgan fingerprint density at radius 2 is 1.34 bits per heavy atom. The molecule has 0 heterocycles. The highest BCUT2D eigenvalue weighted by molar-refractivity contribution is 6.11. The first-order valence-electron chi connectivity index (χ1n) is 10.8. The lowest BCUT2D eigenvalue weighted by Gasteiger charge is -2.29. The number of nitrogens with zero attached hydrogens (tertiary/aromatic N) is 1. The highest BCUT2D eigenvalue weighted by Crippen LogP contribution is 2.31. The van der Waals surface area contributed by atoms with E-state index in [4.69, 9.17) is 5.73 Å². The minimum atomic E-state index is -1.97. The number of carboxylic acids is 1. The number of carboxylic acid groups (broad SMARTS) is 1. The number of hydrogen-bond acceptors (Lipinski definition) is 4. The summed E-state index contributed by atoms with van der Waals surface area (Å²) in [6, 6.07) is 28.5. The average Bonchev–Trinajstić information content (AvgIpc) is 2.81. The summed E-state index contributed by atoms with van der Waals surface area (Å²) in [6.07, 6.45) is 0.560. The molecule has 0 aliphatic rings. The van der Waals surface area contributed by atoms with E-state index in [0.717, 1.165) is 17.7 Å². The predicted octanol–water partition coefficient (Wildman–Crippen LogP) is 4.08. The monoisotopic (exact) mass is 430 g/mol. The zero-order valence-electron chi connectivity index (χ0n) is 18.4. The molecule has 0 bridgehead atoms. The summed E-state index contributed by atoms with van der Waals surface area (Å²) in [5.41, 5.74) is 7.01. The molecule has 0 unspecified atom stereocenters. The van der Waals surface area contributed by atoms with Crippen molar-refractivity contribution >= 4 is 11.8 Å². The molecule has 166 valence electrons. The largest absolute Gasteiger partial charge is 0.480 e. The molecule has 3 aromatic rings. The van der Waals surface area contributed by atoms with Crippen molar-refractivity contribution in [2.24, 2.45) is 5.73 Å². The Hall–Kier alpha value is -3.28. The molecule has 0 aliphatic carbocycles. The lowest BCUT2D eigenvalue weighted by Crippen LogP contribution is -2.57. The number of nitrogens with two attached hydrogens (primary N) is 1. The number of benzene rings is 3. The summed E-state index contributed by atoms with van der Waals surface area (Å²) in [5, 5.41) is 9.99. The van der Waals surface area contributed by atoms with Gasteiger partial charge in [0.15, 0.2) is 11.3 Å². The van der Waals surface area contributed by atoms with Crippen LogP contribution in [0.1, 0.15) is 35.4 Å². The van der Waals surface area contributed by atoms with E-state index in [-0.39, 0.29) is 6.42 Å². The molecule has 5 nitrogen and oxygen atoms in total. The van der Waals surface area contributed by atoms with Gasteiger partial charge in [-0.1, -0.05) is 91.0 Å². The average molecular weight is 431 g/mol. The highest BCUT2D eigenvalue weighted by atomic mass is 16.4. The van der Waals surface area contributed by atoms with Crippen molar-refractivity contribution in [3.05, 3.63) is 108 Å². The van der Waals surface area contributed by atoms with E-state index in [1.54, 1.807) is 0 Å². The molecular weight excluding hydrogens is 400 g/mol. The van der Waals surface area contributed by atoms with Crippen LogP contribution in [-0.2, 0) is 16.1 Å². The van der Waals surface area contributed by atoms with E-state index >= 15 is 0 Å². The second-order valence-electron chi connectivity index (χ2n) is 8.22. The van der Waals surface area contributed by atoms with E-state index in [1.165, 1.54) is 5.56 Å². The Labute approximate surface area is 189 Å². The van der Waals surface area contributed by atoms with Gasteiger partial charge < -0.3 is 15.7 Å². The van der Waals surface area contributed by atoms with Gasteiger partial charge in [-0.2, -0.15) is 0 Å². The standard InChI is InChI=1S/C27H30N2O3/c1-29(20-21-12-5-2-6-13-21)19-11-18-27(28,26(31)32)25(30)24(22-14-7-3-8-15-22)23-16-9-4-10-17-23/h2-10,12-17,24H,11,18-20,28H2,1H3,(H,31,32)/t27-/m1/s1. The summed E-state index contributed by atoms with van der Waals surface area (Å²) in [5.74, 6) is -2.52. The molecular formula is C27H30N2O3. The van der Waals surface area contributed by atoms with E-state index in [2.05, 4.69) is 17.0 Å². The van der Waals surface area contributed by atoms with E-state index in [1.807, 2.05) is 85.9 Å². The summed E-state index contributed by atoms with van der Waals surface area (Å²) < 4.78 is 0. The lowest BCUT2D eigenvalue weighted by molar-refractivity contribution is -0.149. The topological polar surface area (TPSA) is 83.6 Å². The fraction of sp³-hybridized carbons (Fsp3) is 0.259. The van der Waals surface area contributed by atoms with Gasteiger partial charge in [-0.25, -0.2) is 4.79 Å². The number of carbonyl (C=O) groups excluding carboxylic acids is 1. The summed E-state index contributed by atoms with van der Waals surface area (Å²) in [4.78, 5) is 28.0. The third kappa shape index (κ3) is 5.69. The Balaban J connectivity index is 1.77. The Morgan fingerprint density at radius 3 is 1.81 bits per heavy atom. The van der Waals surface area contributed by atoms with Crippen LogP contribution >= 0.6 is 0 Å². The fourth-order valence-electron chi connectivity index (χ4n) is 3.98. The third-order valence-corrected chi connectivity index (χ3v) is 5.76. The van der Waals surface area contributed by atoms with E-state index in [9.17, 15) is 14.7 Å². The maximum absolute atomic E-state index is 13.7. The third-order valence-electron chi connectivity index (χ3n) is 5.76. The van der Waals surface area contributed by atoms with Gasteiger partial charge >= 0.3 is 5.97 Å².